The Morgan fingerprint density at radius 3 is 2.43 bits per heavy atom. The maximum absolute atomic E-state index is 12.6. The molecule has 0 aliphatic heterocycles. The fraction of sp³-hybridized carbons (Fsp3) is 0.435. The quantitative estimate of drug-likeness (QED) is 0.597. The number of carboxylic acids is 1. The van der Waals surface area contributed by atoms with Gasteiger partial charge in [0.2, 0.25) is 5.91 Å². The maximum atomic E-state index is 12.6. The van der Waals surface area contributed by atoms with E-state index in [1.165, 1.54) is 0 Å². The van der Waals surface area contributed by atoms with Crippen LogP contribution in [-0.4, -0.2) is 17.9 Å². The van der Waals surface area contributed by atoms with E-state index in [4.69, 9.17) is 8.83 Å². The Kier molecular flexibility index (Phi) is 6.01. The van der Waals surface area contributed by atoms with Crippen LogP contribution < -0.4 is 16.0 Å². The van der Waals surface area contributed by atoms with Crippen molar-refractivity contribution in [3.63, 3.8) is 0 Å². The molecule has 7 heteroatoms. The van der Waals surface area contributed by atoms with Crippen LogP contribution in [-0.2, 0) is 16.0 Å². The summed E-state index contributed by atoms with van der Waals surface area (Å²) in [5, 5.41) is 15.5. The van der Waals surface area contributed by atoms with Gasteiger partial charge in [0.15, 0.2) is 0 Å². The molecule has 3 rings (SSSR count). The molecule has 0 bridgehead atoms. The normalized spacial score (nSPS) is 12.6. The highest BCUT2D eigenvalue weighted by Crippen LogP contribution is 2.32. The molecule has 0 aliphatic rings. The average molecular weight is 412 g/mol. The van der Waals surface area contributed by atoms with Crippen LogP contribution in [0.25, 0.3) is 21.9 Å². The Bertz CT molecular complexity index is 1180. The van der Waals surface area contributed by atoms with E-state index >= 15 is 0 Å². The standard InChI is InChI=1S/C23H27NO6/c1-11(2)8-18(22(26)27)24-19(25)7-6-15-13(4)17-9-16-12(3)10-29-20(16)14(5)21(17)30-23(15)28/h9-11,18H,6-8H2,1-5H3,(H,24,25)(H,26,27)/p-1/t18-/m0/s1. The van der Waals surface area contributed by atoms with Crippen LogP contribution in [0.15, 0.2) is 26.0 Å². The van der Waals surface area contributed by atoms with Crippen molar-refractivity contribution < 1.29 is 23.5 Å². The van der Waals surface area contributed by atoms with Crippen LogP contribution in [0.2, 0.25) is 0 Å². The number of benzene rings is 1. The minimum Gasteiger partial charge on any atom is -0.548 e. The van der Waals surface area contributed by atoms with Gasteiger partial charge in [-0.25, -0.2) is 4.79 Å². The van der Waals surface area contributed by atoms with E-state index in [1.807, 2.05) is 40.7 Å². The molecule has 2 heterocycles. The summed E-state index contributed by atoms with van der Waals surface area (Å²) < 4.78 is 11.2. The number of hydrogen-bond acceptors (Lipinski definition) is 6. The van der Waals surface area contributed by atoms with Gasteiger partial charge >= 0.3 is 5.63 Å². The molecule has 0 saturated heterocycles. The first-order chi connectivity index (χ1) is 14.1. The van der Waals surface area contributed by atoms with E-state index in [1.54, 1.807) is 6.26 Å². The molecule has 2 aromatic heterocycles. The number of fused-ring (bicyclic) bond motifs is 2. The Labute approximate surface area is 174 Å². The molecule has 0 unspecified atom stereocenters. The van der Waals surface area contributed by atoms with E-state index < -0.39 is 23.5 Å². The number of furan rings is 1. The third-order valence-electron chi connectivity index (χ3n) is 5.46. The summed E-state index contributed by atoms with van der Waals surface area (Å²) in [6.07, 6.45) is 2.08. The summed E-state index contributed by atoms with van der Waals surface area (Å²) >= 11 is 0. The summed E-state index contributed by atoms with van der Waals surface area (Å²) in [7, 11) is 0. The molecule has 7 nitrogen and oxygen atoms in total. The largest absolute Gasteiger partial charge is 0.548 e. The van der Waals surface area contributed by atoms with Crippen molar-refractivity contribution in [3.8, 4) is 0 Å². The van der Waals surface area contributed by atoms with E-state index in [-0.39, 0.29) is 25.2 Å². The molecule has 1 atom stereocenters. The fourth-order valence-corrected chi connectivity index (χ4v) is 3.80. The zero-order chi connectivity index (χ0) is 22.2. The minimum atomic E-state index is -1.31. The van der Waals surface area contributed by atoms with Gasteiger partial charge in [0.1, 0.15) is 11.2 Å². The zero-order valence-corrected chi connectivity index (χ0v) is 17.9. The predicted molar refractivity (Wildman–Crippen MR) is 111 cm³/mol. The first kappa shape index (κ1) is 21.6. The number of carbonyl (C=O) groups excluding carboxylic acids is 2. The lowest BCUT2D eigenvalue weighted by atomic mass is 9.98. The van der Waals surface area contributed by atoms with Crippen molar-refractivity contribution in [1.82, 2.24) is 5.32 Å². The molecule has 0 aliphatic carbocycles. The van der Waals surface area contributed by atoms with Gasteiger partial charge in [0.05, 0.1) is 18.3 Å². The maximum Gasteiger partial charge on any atom is 0.339 e. The lowest BCUT2D eigenvalue weighted by molar-refractivity contribution is -0.308. The van der Waals surface area contributed by atoms with Gasteiger partial charge in [-0.05, 0) is 56.7 Å². The predicted octanol–water partition coefficient (Wildman–Crippen LogP) is 2.68. The summed E-state index contributed by atoms with van der Waals surface area (Å²) in [5.74, 6) is -1.66. The van der Waals surface area contributed by atoms with E-state index in [9.17, 15) is 19.5 Å². The number of carbonyl (C=O) groups is 2. The molecule has 0 fully saturated rings. The number of carboxylic acid groups (broad SMARTS) is 1. The lowest BCUT2D eigenvalue weighted by Gasteiger charge is -2.21. The number of nitrogens with one attached hydrogen (secondary N) is 1. The highest BCUT2D eigenvalue weighted by atomic mass is 16.4. The third kappa shape index (κ3) is 4.10. The van der Waals surface area contributed by atoms with Gasteiger partial charge in [-0.1, -0.05) is 13.8 Å². The van der Waals surface area contributed by atoms with Crippen LogP contribution in [0.1, 0.15) is 48.9 Å². The number of hydrogen-bond donors (Lipinski definition) is 1. The van der Waals surface area contributed by atoms with Crippen molar-refractivity contribution in [2.24, 2.45) is 5.92 Å². The van der Waals surface area contributed by atoms with Crippen LogP contribution in [0.3, 0.4) is 0 Å². The number of aryl methyl sites for hydroxylation is 3. The van der Waals surface area contributed by atoms with Crippen molar-refractivity contribution in [2.45, 2.75) is 59.9 Å². The topological polar surface area (TPSA) is 113 Å². The molecule has 0 saturated carbocycles. The second kappa shape index (κ2) is 8.34. The smallest absolute Gasteiger partial charge is 0.339 e. The molecule has 160 valence electrons. The van der Waals surface area contributed by atoms with Crippen LogP contribution >= 0.6 is 0 Å². The van der Waals surface area contributed by atoms with Crippen LogP contribution in [0.5, 0.6) is 0 Å². The molecule has 1 N–H and O–H groups in total. The van der Waals surface area contributed by atoms with Gasteiger partial charge in [-0.2, -0.15) is 0 Å². The van der Waals surface area contributed by atoms with Crippen LogP contribution in [0, 0.1) is 26.7 Å². The Balaban J connectivity index is 1.88. The molecule has 0 spiro atoms. The third-order valence-corrected chi connectivity index (χ3v) is 5.46. The van der Waals surface area contributed by atoms with E-state index in [2.05, 4.69) is 5.32 Å². The number of rotatable bonds is 7. The second-order valence-corrected chi connectivity index (χ2v) is 8.24. The Morgan fingerprint density at radius 2 is 1.80 bits per heavy atom. The summed E-state index contributed by atoms with van der Waals surface area (Å²) in [6, 6.07) is 0.888. The van der Waals surface area contributed by atoms with E-state index in [0.29, 0.717) is 16.7 Å². The van der Waals surface area contributed by atoms with Gasteiger partial charge in [-0.3, -0.25) is 4.79 Å². The average Bonchev–Trinajstić information content (AvgIpc) is 3.03. The first-order valence-electron chi connectivity index (χ1n) is 10.0. The van der Waals surface area contributed by atoms with Crippen molar-refractivity contribution in [1.29, 1.82) is 0 Å². The molecule has 3 aromatic rings. The second-order valence-electron chi connectivity index (χ2n) is 8.24. The molecule has 0 radical (unpaired) electrons. The highest BCUT2D eigenvalue weighted by Gasteiger charge is 2.19. The highest BCUT2D eigenvalue weighted by molar-refractivity contribution is 5.99. The number of aliphatic carboxylic acids is 1. The molecular weight excluding hydrogens is 386 g/mol. The van der Waals surface area contributed by atoms with Crippen molar-refractivity contribution in [2.75, 3.05) is 0 Å². The van der Waals surface area contributed by atoms with Crippen molar-refractivity contribution in [3.05, 3.63) is 45.0 Å². The molecule has 1 aromatic carbocycles. The molecule has 1 amide bonds. The zero-order valence-electron chi connectivity index (χ0n) is 17.9. The fourth-order valence-electron chi connectivity index (χ4n) is 3.80. The summed E-state index contributed by atoms with van der Waals surface area (Å²) in [6.45, 7) is 9.36. The van der Waals surface area contributed by atoms with Crippen molar-refractivity contribution >= 4 is 33.8 Å². The van der Waals surface area contributed by atoms with Gasteiger partial charge < -0.3 is 24.1 Å². The first-order valence-corrected chi connectivity index (χ1v) is 10.0. The summed E-state index contributed by atoms with van der Waals surface area (Å²) in [5.41, 5.74) is 3.56. The minimum absolute atomic E-state index is 0.0229. The van der Waals surface area contributed by atoms with Crippen LogP contribution in [0.4, 0.5) is 0 Å². The molecular formula is C23H26NO6-. The number of amides is 1. The van der Waals surface area contributed by atoms with Gasteiger partial charge in [0.25, 0.3) is 0 Å². The Morgan fingerprint density at radius 1 is 1.10 bits per heavy atom. The SMILES string of the molecule is Cc1coc2c(C)c3oc(=O)c(CCC(=O)N[C@@H](CC(C)C)C(=O)[O-])c(C)c3cc12. The van der Waals surface area contributed by atoms with E-state index in [0.717, 1.165) is 27.5 Å². The lowest BCUT2D eigenvalue weighted by Crippen LogP contribution is -2.48. The molecule has 30 heavy (non-hydrogen) atoms. The van der Waals surface area contributed by atoms with Gasteiger partial charge in [0, 0.05) is 28.3 Å². The monoisotopic (exact) mass is 412 g/mol. The Hall–Kier alpha value is -3.09. The van der Waals surface area contributed by atoms with Gasteiger partial charge in [-0.15, -0.1) is 0 Å². The summed E-state index contributed by atoms with van der Waals surface area (Å²) in [4.78, 5) is 36.1.